The molecule has 2 amide bonds. The molecule has 0 unspecified atom stereocenters. The highest BCUT2D eigenvalue weighted by Crippen LogP contribution is 2.54. The predicted octanol–water partition coefficient (Wildman–Crippen LogP) is 6.18. The first-order valence-electron chi connectivity index (χ1n) is 29.2. The number of cyclic esters (lactones) is 1. The number of hydrazine groups is 1. The summed E-state index contributed by atoms with van der Waals surface area (Å²) >= 11 is 1.46. The van der Waals surface area contributed by atoms with Crippen molar-refractivity contribution in [3.63, 3.8) is 0 Å². The highest BCUT2D eigenvalue weighted by atomic mass is 32.1. The van der Waals surface area contributed by atoms with E-state index in [4.69, 9.17) is 38.4 Å². The second kappa shape index (κ2) is 23.7. The SMILES string of the molecule is CO[C@@H](C)c1ncc(C#C[C@@H](C)N2CCOCC2)cc1-c1c2c3cc(ccc3n1CCOC1CCOCC1)-c1csc(n1)C(=[N+]1CCOCC1)[C@H](NC(=O)[C@@H]1[C@@H](C)[C@H]1c1ccncc1)C(=O)N1N[C@H](C(=O)OCC(C)(C)C2)C2CC1C2. The topological polar surface area (TPSA) is 184 Å². The summed E-state index contributed by atoms with van der Waals surface area (Å²) in [6, 6.07) is 10.6. The summed E-state index contributed by atoms with van der Waals surface area (Å²) in [6.07, 6.45) is 8.55. The zero-order valence-electron chi connectivity index (χ0n) is 47.5. The smallest absolute Gasteiger partial charge is 0.325 e. The first kappa shape index (κ1) is 55.6. The molecule has 2 N–H and O–H groups in total. The zero-order chi connectivity index (χ0) is 55.9. The maximum Gasteiger partial charge on any atom is 0.325 e. The minimum Gasteiger partial charge on any atom is -0.464 e. The van der Waals surface area contributed by atoms with Crippen LogP contribution in [0, 0.1) is 35.0 Å². The number of hydrogen-bond donors (Lipinski definition) is 2. The molecule has 428 valence electrons. The number of nitrogens with zero attached hydrogens (tertiary/aromatic N) is 7. The monoisotopic (exact) mass is 1120 g/mol. The molecular weight excluding hydrogens is 1050 g/mol. The fourth-order valence-corrected chi connectivity index (χ4v) is 14.0. The Labute approximate surface area is 478 Å². The third-order valence-corrected chi connectivity index (χ3v) is 18.8. The van der Waals surface area contributed by atoms with Crippen molar-refractivity contribution in [1.29, 1.82) is 0 Å². The van der Waals surface area contributed by atoms with Crippen LogP contribution in [-0.2, 0) is 55.8 Å². The average molecular weight is 1120 g/mol. The fraction of sp³-hybridized carbons (Fsp3) is 0.565. The standard InChI is InChI=1S/C62H75N9O9S/c1-37(68-17-24-77-25-18-68)7-8-40-29-47(53(64-34-40)39(3)75-6)56-48-33-62(4,5)36-80-61(74)54-43-30-44(31-43)71(67-54)60(73)55(66-58(72)52-38(2)51(52)41-11-15-63-16-12-41)57(69-19-26-78-27-20-69)59-65-49(35-81-59)42-9-10-50(46(48)32-42)70(56)21-28-79-45-13-22-76-23-14-45/h9-12,15-16,29,32,34-35,37-39,43-45,51-52,54-55,67H,13-14,17-28,30-31,33,36H2,1-6H3/p+1/t37-,38+,39+,43?,44?,51+,52-,54+,55+/m1/s1. The van der Waals surface area contributed by atoms with E-state index >= 15 is 4.79 Å². The van der Waals surface area contributed by atoms with E-state index in [1.807, 2.05) is 25.3 Å². The Morgan fingerprint density at radius 2 is 1.75 bits per heavy atom. The lowest BCUT2D eigenvalue weighted by Gasteiger charge is -2.53. The molecule has 19 heteroatoms. The van der Waals surface area contributed by atoms with Gasteiger partial charge in [0, 0.05) is 109 Å². The minimum atomic E-state index is -1.13. The van der Waals surface area contributed by atoms with Gasteiger partial charge in [0.1, 0.15) is 19.3 Å². The van der Waals surface area contributed by atoms with Crippen LogP contribution in [-0.4, -0.2) is 174 Å². The second-order valence-corrected chi connectivity index (χ2v) is 24.7. The molecule has 81 heavy (non-hydrogen) atoms. The predicted molar refractivity (Wildman–Crippen MR) is 305 cm³/mol. The van der Waals surface area contributed by atoms with E-state index in [9.17, 15) is 9.59 Å². The van der Waals surface area contributed by atoms with Gasteiger partial charge in [0.25, 0.3) is 5.91 Å². The third kappa shape index (κ3) is 11.5. The van der Waals surface area contributed by atoms with Gasteiger partial charge in [-0.15, -0.1) is 11.3 Å². The van der Waals surface area contributed by atoms with Crippen LogP contribution in [0.4, 0.5) is 0 Å². The molecule has 2 saturated carbocycles. The van der Waals surface area contributed by atoms with E-state index in [-0.39, 0.29) is 66.4 Å². The van der Waals surface area contributed by atoms with Crippen molar-refractivity contribution in [3.05, 3.63) is 87.8 Å². The van der Waals surface area contributed by atoms with E-state index in [1.54, 1.807) is 24.5 Å². The quantitative estimate of drug-likeness (QED) is 0.0869. The second-order valence-electron chi connectivity index (χ2n) is 23.8. The maximum absolute atomic E-state index is 15.6. The number of benzene rings is 1. The highest BCUT2D eigenvalue weighted by Gasteiger charge is 2.56. The number of fused-ring (bicyclic) bond motifs is 4. The molecule has 0 spiro atoms. The molecule has 8 bridgehead atoms. The summed E-state index contributed by atoms with van der Waals surface area (Å²) in [5.74, 6) is 5.75. The summed E-state index contributed by atoms with van der Waals surface area (Å²) in [4.78, 5) is 62.3. The summed E-state index contributed by atoms with van der Waals surface area (Å²) in [6.45, 7) is 17.9. The Morgan fingerprint density at radius 1 is 1.00 bits per heavy atom. The lowest BCUT2D eigenvalue weighted by atomic mass is 9.73. The van der Waals surface area contributed by atoms with Gasteiger partial charge in [-0.1, -0.05) is 38.7 Å². The molecule has 7 fully saturated rings. The molecule has 1 aromatic carbocycles. The summed E-state index contributed by atoms with van der Waals surface area (Å²) in [5.41, 5.74) is 11.6. The van der Waals surface area contributed by atoms with Crippen LogP contribution < -0.4 is 10.7 Å². The average Bonchev–Trinajstić information content (AvgIpc) is 3.99. The van der Waals surface area contributed by atoms with Crippen LogP contribution in [0.3, 0.4) is 0 Å². The molecule has 6 aliphatic heterocycles. The number of esters is 1. The van der Waals surface area contributed by atoms with Crippen LogP contribution in [0.2, 0.25) is 0 Å². The van der Waals surface area contributed by atoms with Crippen LogP contribution in [0.25, 0.3) is 33.4 Å². The number of ether oxygens (including phenoxy) is 6. The van der Waals surface area contributed by atoms with Crippen molar-refractivity contribution in [1.82, 2.24) is 40.2 Å². The van der Waals surface area contributed by atoms with Crippen LogP contribution >= 0.6 is 11.3 Å². The van der Waals surface area contributed by atoms with Crippen LogP contribution in [0.1, 0.15) is 99.7 Å². The molecule has 13 rings (SSSR count). The molecule has 8 aliphatic rings. The maximum atomic E-state index is 15.6. The largest absolute Gasteiger partial charge is 0.464 e. The number of pyridine rings is 2. The normalized spacial score (nSPS) is 26.9. The molecule has 5 saturated heterocycles. The van der Waals surface area contributed by atoms with E-state index in [0.717, 1.165) is 81.7 Å². The van der Waals surface area contributed by atoms with E-state index in [1.165, 1.54) is 11.3 Å². The molecular formula is C62H76N9O9S+. The molecule has 7 atom stereocenters. The lowest BCUT2D eigenvalue weighted by molar-refractivity contribution is -0.550. The van der Waals surface area contributed by atoms with Gasteiger partial charge in [0.2, 0.25) is 11.6 Å². The molecule has 18 nitrogen and oxygen atoms in total. The van der Waals surface area contributed by atoms with Gasteiger partial charge in [-0.2, -0.15) is 0 Å². The molecule has 0 radical (unpaired) electrons. The number of thiazole rings is 1. The van der Waals surface area contributed by atoms with Crippen molar-refractivity contribution in [2.45, 2.75) is 116 Å². The summed E-state index contributed by atoms with van der Waals surface area (Å²) in [7, 11) is 1.71. The summed E-state index contributed by atoms with van der Waals surface area (Å²) in [5, 5.41) is 8.63. The molecule has 2 aliphatic carbocycles. The van der Waals surface area contributed by atoms with Gasteiger partial charge < -0.3 is 38.3 Å². The lowest BCUT2D eigenvalue weighted by Crippen LogP contribution is -2.72. The molecule has 5 aromatic rings. The fourth-order valence-electron chi connectivity index (χ4n) is 13.1. The van der Waals surface area contributed by atoms with E-state index < -0.39 is 23.5 Å². The van der Waals surface area contributed by atoms with Gasteiger partial charge in [-0.25, -0.2) is 15.0 Å². The minimum absolute atomic E-state index is 0.0155. The van der Waals surface area contributed by atoms with Crippen molar-refractivity contribution < 1.29 is 47.4 Å². The number of amides is 2. The Bertz CT molecular complexity index is 3230. The first-order chi connectivity index (χ1) is 39.3. The first-order valence-corrected chi connectivity index (χ1v) is 30.0. The number of carbonyl (C=O) groups is 3. The van der Waals surface area contributed by atoms with Crippen molar-refractivity contribution in [2.24, 2.45) is 23.2 Å². The number of rotatable bonds is 11. The Balaban J connectivity index is 1.01. The third-order valence-electron chi connectivity index (χ3n) is 17.9. The molecule has 10 heterocycles. The Hall–Kier alpha value is -5.95. The number of hydrogen-bond acceptors (Lipinski definition) is 15. The zero-order valence-corrected chi connectivity index (χ0v) is 48.3. The number of morpholine rings is 2. The number of aromatic nitrogens is 4. The Kier molecular flexibility index (Phi) is 16.3. The van der Waals surface area contributed by atoms with Gasteiger partial charge in [0.05, 0.1) is 61.8 Å². The van der Waals surface area contributed by atoms with Gasteiger partial charge in [-0.3, -0.25) is 34.3 Å². The van der Waals surface area contributed by atoms with Gasteiger partial charge in [-0.05, 0) is 105 Å². The van der Waals surface area contributed by atoms with Gasteiger partial charge in [0.15, 0.2) is 24.1 Å². The van der Waals surface area contributed by atoms with Crippen LogP contribution in [0.5, 0.6) is 0 Å². The molecule has 4 aromatic heterocycles. The Morgan fingerprint density at radius 3 is 2.52 bits per heavy atom. The number of carbonyl (C=O) groups excluding carboxylic acids is 3. The summed E-state index contributed by atoms with van der Waals surface area (Å²) < 4.78 is 41.0. The number of methoxy groups -OCH3 is 1. The van der Waals surface area contributed by atoms with E-state index in [2.05, 4.69) is 99.0 Å². The van der Waals surface area contributed by atoms with E-state index in [0.29, 0.717) is 95.9 Å². The highest BCUT2D eigenvalue weighted by molar-refractivity contribution is 7.12. The van der Waals surface area contributed by atoms with Crippen molar-refractivity contribution in [2.75, 3.05) is 86.1 Å². The van der Waals surface area contributed by atoms with Crippen molar-refractivity contribution in [3.8, 4) is 34.4 Å². The van der Waals surface area contributed by atoms with Crippen LogP contribution in [0.15, 0.2) is 60.4 Å². The van der Waals surface area contributed by atoms with Gasteiger partial charge >= 0.3 is 5.97 Å². The van der Waals surface area contributed by atoms with Crippen molar-refractivity contribution >= 4 is 45.7 Å². The number of nitrogens with one attached hydrogen (secondary N) is 2.